The number of hydrogen-bond acceptors (Lipinski definition) is 3. The van der Waals surface area contributed by atoms with Crippen LogP contribution in [-0.4, -0.2) is 23.8 Å². The maximum absolute atomic E-state index is 12.2. The van der Waals surface area contributed by atoms with Crippen LogP contribution >= 0.6 is 0 Å². The van der Waals surface area contributed by atoms with E-state index in [2.05, 4.69) is 9.71 Å². The summed E-state index contributed by atoms with van der Waals surface area (Å²) in [5.41, 5.74) is 1.57. The molecule has 0 spiro atoms. The highest BCUT2D eigenvalue weighted by molar-refractivity contribution is 7.89. The number of aryl methyl sites for hydroxylation is 2. The number of fused-ring (bicyclic) bond motifs is 1. The van der Waals surface area contributed by atoms with Gasteiger partial charge >= 0.3 is 0 Å². The van der Waals surface area contributed by atoms with Crippen molar-refractivity contribution in [1.29, 1.82) is 0 Å². The van der Waals surface area contributed by atoms with E-state index in [1.54, 1.807) is 26.8 Å². The monoisotopic (exact) mass is 267 g/mol. The normalized spacial score (nSPS) is 12.5. The van der Waals surface area contributed by atoms with Gasteiger partial charge in [-0.1, -0.05) is 6.07 Å². The third-order valence-electron chi connectivity index (χ3n) is 2.64. The number of aromatic nitrogens is 2. The van der Waals surface area contributed by atoms with Crippen molar-refractivity contribution in [2.45, 2.75) is 38.8 Å². The summed E-state index contributed by atoms with van der Waals surface area (Å²) in [6, 6.07) is 5.37. The zero-order valence-corrected chi connectivity index (χ0v) is 11.7. The Kier molecular flexibility index (Phi) is 3.16. The zero-order chi connectivity index (χ0) is 13.5. The first-order chi connectivity index (χ1) is 8.33. The van der Waals surface area contributed by atoms with Crippen LogP contribution in [0.2, 0.25) is 0 Å². The Morgan fingerprint density at radius 3 is 2.56 bits per heavy atom. The van der Waals surface area contributed by atoms with Crippen molar-refractivity contribution in [1.82, 2.24) is 14.1 Å². The average Bonchev–Trinajstić information content (AvgIpc) is 2.56. The molecule has 1 N–H and O–H groups in total. The Hall–Kier alpha value is -1.40. The molecule has 0 aliphatic heterocycles. The van der Waals surface area contributed by atoms with E-state index >= 15 is 0 Å². The van der Waals surface area contributed by atoms with Gasteiger partial charge < -0.3 is 0 Å². The second-order valence-corrected chi connectivity index (χ2v) is 6.26. The van der Waals surface area contributed by atoms with E-state index in [-0.39, 0.29) is 11.1 Å². The maximum atomic E-state index is 12.2. The molecule has 0 atom stereocenters. The van der Waals surface area contributed by atoms with Gasteiger partial charge in [0.1, 0.15) is 5.82 Å². The Morgan fingerprint density at radius 2 is 1.94 bits per heavy atom. The number of hydrogen-bond donors (Lipinski definition) is 1. The summed E-state index contributed by atoms with van der Waals surface area (Å²) in [6.45, 7) is 7.30. The van der Waals surface area contributed by atoms with Gasteiger partial charge in [-0.2, -0.15) is 0 Å². The fourth-order valence-corrected chi connectivity index (χ4v) is 3.45. The van der Waals surface area contributed by atoms with E-state index in [1.165, 1.54) is 0 Å². The van der Waals surface area contributed by atoms with Crippen LogP contribution in [0.5, 0.6) is 0 Å². The van der Waals surface area contributed by atoms with Gasteiger partial charge in [-0.05, 0) is 39.8 Å². The lowest BCUT2D eigenvalue weighted by Gasteiger charge is -2.07. The fraction of sp³-hybridized carbons (Fsp3) is 0.417. The molecule has 18 heavy (non-hydrogen) atoms. The Labute approximate surface area is 107 Å². The highest BCUT2D eigenvalue weighted by Crippen LogP contribution is 2.19. The van der Waals surface area contributed by atoms with Crippen LogP contribution in [0, 0.1) is 13.8 Å². The Morgan fingerprint density at radius 1 is 1.28 bits per heavy atom. The minimum Gasteiger partial charge on any atom is -0.300 e. The van der Waals surface area contributed by atoms with Crippen molar-refractivity contribution in [2.75, 3.05) is 0 Å². The zero-order valence-electron chi connectivity index (χ0n) is 10.9. The van der Waals surface area contributed by atoms with Crippen molar-refractivity contribution in [3.63, 3.8) is 0 Å². The molecule has 2 rings (SSSR count). The van der Waals surface area contributed by atoms with E-state index in [1.807, 2.05) is 23.5 Å². The lowest BCUT2D eigenvalue weighted by atomic mass is 10.3. The first-order valence-corrected chi connectivity index (χ1v) is 7.28. The molecule has 0 unspecified atom stereocenters. The first-order valence-electron chi connectivity index (χ1n) is 5.80. The highest BCUT2D eigenvalue weighted by Gasteiger charge is 2.23. The molecule has 0 aliphatic rings. The van der Waals surface area contributed by atoms with Crippen molar-refractivity contribution >= 4 is 15.5 Å². The summed E-state index contributed by atoms with van der Waals surface area (Å²) >= 11 is 0. The molecule has 98 valence electrons. The number of nitrogens with zero attached hydrogens (tertiary/aromatic N) is 2. The van der Waals surface area contributed by atoms with Crippen LogP contribution < -0.4 is 4.72 Å². The molecule has 0 saturated carbocycles. The summed E-state index contributed by atoms with van der Waals surface area (Å²) in [7, 11) is -3.56. The van der Waals surface area contributed by atoms with Crippen LogP contribution in [0.1, 0.15) is 25.4 Å². The summed E-state index contributed by atoms with van der Waals surface area (Å²) < 4.78 is 28.8. The summed E-state index contributed by atoms with van der Waals surface area (Å²) in [5, 5.41) is 0.0948. The minimum atomic E-state index is -3.56. The number of sulfonamides is 1. The topological polar surface area (TPSA) is 63.5 Å². The summed E-state index contributed by atoms with van der Waals surface area (Å²) in [5.74, 6) is 0.673. The van der Waals surface area contributed by atoms with Gasteiger partial charge in [0, 0.05) is 11.7 Å². The molecule has 5 nitrogen and oxygen atoms in total. The number of pyridine rings is 1. The van der Waals surface area contributed by atoms with Crippen molar-refractivity contribution in [3.05, 3.63) is 29.7 Å². The average molecular weight is 267 g/mol. The molecule has 2 aromatic rings. The molecule has 0 fully saturated rings. The van der Waals surface area contributed by atoms with Gasteiger partial charge in [-0.25, -0.2) is 18.1 Å². The lowest BCUT2D eigenvalue weighted by Crippen LogP contribution is -2.30. The quantitative estimate of drug-likeness (QED) is 0.919. The highest BCUT2D eigenvalue weighted by atomic mass is 32.2. The van der Waals surface area contributed by atoms with E-state index in [0.29, 0.717) is 11.3 Å². The van der Waals surface area contributed by atoms with Crippen LogP contribution in [0.4, 0.5) is 0 Å². The number of nitrogens with one attached hydrogen (secondary N) is 1. The molecule has 0 aromatic carbocycles. The van der Waals surface area contributed by atoms with Gasteiger partial charge in [-0.15, -0.1) is 0 Å². The molecule has 0 bridgehead atoms. The Balaban J connectivity index is 2.71. The molecule has 2 heterocycles. The smallest absolute Gasteiger partial charge is 0.260 e. The Bertz CT molecular complexity index is 687. The van der Waals surface area contributed by atoms with Gasteiger partial charge in [0.15, 0.2) is 5.03 Å². The van der Waals surface area contributed by atoms with Crippen molar-refractivity contribution in [3.8, 4) is 0 Å². The van der Waals surface area contributed by atoms with Gasteiger partial charge in [0.05, 0.1) is 5.52 Å². The second-order valence-electron chi connectivity index (χ2n) is 4.63. The van der Waals surface area contributed by atoms with Crippen LogP contribution in [0.25, 0.3) is 5.52 Å². The van der Waals surface area contributed by atoms with Crippen LogP contribution in [-0.2, 0) is 10.0 Å². The lowest BCUT2D eigenvalue weighted by molar-refractivity contribution is 0.567. The first kappa shape index (κ1) is 13.0. The molecule has 2 aromatic heterocycles. The van der Waals surface area contributed by atoms with Crippen LogP contribution in [0.3, 0.4) is 0 Å². The van der Waals surface area contributed by atoms with Gasteiger partial charge in [0.2, 0.25) is 0 Å². The standard InChI is InChI=1S/C12H17N3O2S/c1-8(2)14-18(16,17)12-11-7-5-6-9(3)15(11)10(4)13-12/h5-8,14H,1-4H3. The fourth-order valence-electron chi connectivity index (χ4n) is 2.03. The van der Waals surface area contributed by atoms with Gasteiger partial charge in [-0.3, -0.25) is 4.40 Å². The third-order valence-corrected chi connectivity index (χ3v) is 4.23. The van der Waals surface area contributed by atoms with E-state index in [9.17, 15) is 8.42 Å². The van der Waals surface area contributed by atoms with E-state index in [4.69, 9.17) is 0 Å². The largest absolute Gasteiger partial charge is 0.300 e. The molecule has 0 radical (unpaired) electrons. The van der Waals surface area contributed by atoms with E-state index < -0.39 is 10.0 Å². The predicted molar refractivity (Wildman–Crippen MR) is 70.1 cm³/mol. The van der Waals surface area contributed by atoms with Crippen LogP contribution in [0.15, 0.2) is 23.2 Å². The predicted octanol–water partition coefficient (Wildman–Crippen LogP) is 1.64. The second kappa shape index (κ2) is 4.37. The van der Waals surface area contributed by atoms with Gasteiger partial charge in [0.25, 0.3) is 10.0 Å². The number of imidazole rings is 1. The molecule has 0 amide bonds. The molecular weight excluding hydrogens is 250 g/mol. The summed E-state index contributed by atoms with van der Waals surface area (Å²) in [4.78, 5) is 4.19. The van der Waals surface area contributed by atoms with Crippen molar-refractivity contribution in [2.24, 2.45) is 0 Å². The maximum Gasteiger partial charge on any atom is 0.260 e. The molecule has 0 saturated heterocycles. The van der Waals surface area contributed by atoms with E-state index in [0.717, 1.165) is 5.69 Å². The SMILES string of the molecule is Cc1cccc2c(S(=O)(=O)NC(C)C)nc(C)n12. The van der Waals surface area contributed by atoms with Crippen molar-refractivity contribution < 1.29 is 8.42 Å². The minimum absolute atomic E-state index is 0.0948. The molecule has 6 heteroatoms. The molecular formula is C12H17N3O2S. The molecule has 0 aliphatic carbocycles. The number of rotatable bonds is 3. The third kappa shape index (κ3) is 2.13. The summed E-state index contributed by atoms with van der Waals surface area (Å²) in [6.07, 6.45) is 0.